The smallest absolute Gasteiger partial charge is 0.322 e. The molecule has 13 heteroatoms. The lowest BCUT2D eigenvalue weighted by molar-refractivity contribution is -0.137. The van der Waals surface area contributed by atoms with Crippen LogP contribution in [0.15, 0.2) is 30.6 Å². The van der Waals surface area contributed by atoms with Crippen LogP contribution in [0.25, 0.3) is 0 Å². The number of hydrogen-bond acceptors (Lipinski definition) is 7. The van der Waals surface area contributed by atoms with E-state index in [4.69, 9.17) is 22.9 Å². The third-order valence-corrected chi connectivity index (χ3v) is 6.38. The molecule has 5 N–H and O–H groups in total. The number of pyridine rings is 1. The summed E-state index contributed by atoms with van der Waals surface area (Å²) < 4.78 is 42.6. The first-order chi connectivity index (χ1) is 17.7. The van der Waals surface area contributed by atoms with Gasteiger partial charge in [0.1, 0.15) is 0 Å². The molecule has 204 valence electrons. The van der Waals surface area contributed by atoms with Crippen molar-refractivity contribution in [2.45, 2.75) is 46.5 Å². The summed E-state index contributed by atoms with van der Waals surface area (Å²) in [5.74, 6) is 5.54. The molecule has 0 spiro atoms. The zero-order chi connectivity index (χ0) is 28.4. The van der Waals surface area contributed by atoms with Gasteiger partial charge in [-0.05, 0) is 37.6 Å². The quantitative estimate of drug-likeness (QED) is 0.175. The number of aryl methyl sites for hydroxylation is 2. The minimum Gasteiger partial charge on any atom is -0.322 e. The predicted octanol–water partition coefficient (Wildman–Crippen LogP) is 4.60. The van der Waals surface area contributed by atoms with Gasteiger partial charge >= 0.3 is 6.18 Å². The molecule has 0 aliphatic carbocycles. The Kier molecular flexibility index (Phi) is 8.80. The summed E-state index contributed by atoms with van der Waals surface area (Å²) in [6, 6.07) is 3.69. The number of hydrazine groups is 1. The summed E-state index contributed by atoms with van der Waals surface area (Å²) in [7, 11) is 1.77. The lowest BCUT2D eigenvalue weighted by Gasteiger charge is -2.21. The Balaban J connectivity index is 1.86. The fraction of sp³-hybridized carbons (Fsp3) is 0.360. The Morgan fingerprint density at radius 3 is 2.50 bits per heavy atom. The topological polar surface area (TPSA) is 125 Å². The van der Waals surface area contributed by atoms with Crippen molar-refractivity contribution in [3.8, 4) is 0 Å². The number of carbonyl (C=O) groups excluding carboxylic acids is 1. The number of nitrogens with two attached hydrogens (primary N) is 1. The molecule has 0 saturated carbocycles. The Labute approximate surface area is 223 Å². The van der Waals surface area contributed by atoms with Gasteiger partial charge in [-0.1, -0.05) is 25.4 Å². The second-order valence-electron chi connectivity index (χ2n) is 9.19. The first kappa shape index (κ1) is 29.1. The zero-order valence-electron chi connectivity index (χ0n) is 21.7. The molecule has 0 fully saturated rings. The Hall–Kier alpha value is -3.48. The van der Waals surface area contributed by atoms with Crippen molar-refractivity contribution in [2.24, 2.45) is 12.9 Å². The average Bonchev–Trinajstić information content (AvgIpc) is 3.16. The number of carbonyl (C=O) groups is 1. The van der Waals surface area contributed by atoms with Crippen LogP contribution in [0, 0.1) is 19.3 Å². The number of benzene rings is 1. The molecule has 38 heavy (non-hydrogen) atoms. The van der Waals surface area contributed by atoms with Crippen LogP contribution in [0.2, 0.25) is 5.02 Å². The maximum atomic E-state index is 13.6. The van der Waals surface area contributed by atoms with Crippen molar-refractivity contribution in [3.05, 3.63) is 69.3 Å². The normalized spacial score (nSPS) is 11.7. The van der Waals surface area contributed by atoms with Gasteiger partial charge in [0.15, 0.2) is 0 Å². The number of aromatic nitrogens is 3. The van der Waals surface area contributed by atoms with E-state index in [1.54, 1.807) is 24.9 Å². The van der Waals surface area contributed by atoms with Gasteiger partial charge in [0.2, 0.25) is 0 Å². The molecular weight excluding hydrogens is 521 g/mol. The van der Waals surface area contributed by atoms with Crippen LogP contribution < -0.4 is 21.5 Å². The Bertz CT molecular complexity index is 1350. The molecule has 2 aromatic heterocycles. The Morgan fingerprint density at radius 2 is 1.92 bits per heavy atom. The predicted molar refractivity (Wildman–Crippen MR) is 142 cm³/mol. The number of amides is 1. The van der Waals surface area contributed by atoms with E-state index in [1.165, 1.54) is 23.3 Å². The highest BCUT2D eigenvalue weighted by Gasteiger charge is 2.35. The van der Waals surface area contributed by atoms with Gasteiger partial charge in [-0.3, -0.25) is 14.5 Å². The standard InChI is InChI=1S/C25H30ClF3N8O/c1-13(2)32-9-16-6-18(8-20(23(16)26)25(27,28)29)35-24(38)17-7-22(14(3)33-10-17)37(31)12-21(30)19-11-34-36(5)15(19)4/h6-8,10-11,13,30,32H,9,12,31H2,1-5H3,(H,35,38). The lowest BCUT2D eigenvalue weighted by Crippen LogP contribution is -2.37. The van der Waals surface area contributed by atoms with Gasteiger partial charge in [-0.15, -0.1) is 0 Å². The van der Waals surface area contributed by atoms with E-state index >= 15 is 0 Å². The second kappa shape index (κ2) is 11.5. The van der Waals surface area contributed by atoms with E-state index in [1.807, 2.05) is 20.8 Å². The van der Waals surface area contributed by atoms with E-state index in [2.05, 4.69) is 20.7 Å². The summed E-state index contributed by atoms with van der Waals surface area (Å²) >= 11 is 6.05. The molecule has 3 rings (SSSR count). The molecule has 3 aromatic rings. The van der Waals surface area contributed by atoms with Gasteiger partial charge < -0.3 is 21.1 Å². The van der Waals surface area contributed by atoms with Crippen molar-refractivity contribution >= 4 is 34.6 Å². The van der Waals surface area contributed by atoms with E-state index in [0.717, 1.165) is 11.8 Å². The molecule has 1 amide bonds. The van der Waals surface area contributed by atoms with Gasteiger partial charge in [0.25, 0.3) is 5.91 Å². The SMILES string of the molecule is Cc1ncc(C(=O)Nc2cc(CNC(C)C)c(Cl)c(C(F)(F)F)c2)cc1N(N)CC(=N)c1cnn(C)c1C. The summed E-state index contributed by atoms with van der Waals surface area (Å²) in [5.41, 5.74) is 1.72. The minimum absolute atomic E-state index is 0.0124. The lowest BCUT2D eigenvalue weighted by atomic mass is 10.1. The highest BCUT2D eigenvalue weighted by Crippen LogP contribution is 2.38. The van der Waals surface area contributed by atoms with E-state index < -0.39 is 22.7 Å². The fourth-order valence-corrected chi connectivity index (χ4v) is 3.96. The highest BCUT2D eigenvalue weighted by molar-refractivity contribution is 6.32. The number of nitrogens with one attached hydrogen (secondary N) is 3. The van der Waals surface area contributed by atoms with E-state index in [9.17, 15) is 18.0 Å². The molecule has 0 bridgehead atoms. The summed E-state index contributed by atoms with van der Waals surface area (Å²) in [5, 5.41) is 18.9. The second-order valence-corrected chi connectivity index (χ2v) is 9.56. The molecule has 0 atom stereocenters. The molecule has 0 radical (unpaired) electrons. The largest absolute Gasteiger partial charge is 0.417 e. The van der Waals surface area contributed by atoms with Crippen LogP contribution in [0.3, 0.4) is 0 Å². The van der Waals surface area contributed by atoms with E-state index in [0.29, 0.717) is 16.9 Å². The van der Waals surface area contributed by atoms with Crippen LogP contribution in [0.4, 0.5) is 24.5 Å². The maximum absolute atomic E-state index is 13.6. The third kappa shape index (κ3) is 6.69. The van der Waals surface area contributed by atoms with E-state index in [-0.39, 0.29) is 41.7 Å². The van der Waals surface area contributed by atoms with Gasteiger partial charge in [-0.2, -0.15) is 18.3 Å². The molecule has 1 aromatic carbocycles. The van der Waals surface area contributed by atoms with Crippen LogP contribution in [0.5, 0.6) is 0 Å². The van der Waals surface area contributed by atoms with Crippen LogP contribution in [-0.2, 0) is 19.8 Å². The molecule has 0 aliphatic rings. The number of rotatable bonds is 9. The third-order valence-electron chi connectivity index (χ3n) is 5.93. The van der Waals surface area contributed by atoms with Crippen molar-refractivity contribution in [1.29, 1.82) is 5.41 Å². The first-order valence-corrected chi connectivity index (χ1v) is 12.1. The molecule has 0 aliphatic heterocycles. The van der Waals surface area contributed by atoms with Crippen LogP contribution in [0.1, 0.15) is 52.3 Å². The molecule has 0 unspecified atom stereocenters. The summed E-state index contributed by atoms with van der Waals surface area (Å²) in [4.78, 5) is 17.2. The van der Waals surface area contributed by atoms with Crippen LogP contribution in [-0.4, -0.2) is 39.0 Å². The first-order valence-electron chi connectivity index (χ1n) is 11.7. The number of alkyl halides is 3. The fourth-order valence-electron chi connectivity index (χ4n) is 3.68. The van der Waals surface area contributed by atoms with Crippen molar-refractivity contribution in [2.75, 3.05) is 16.9 Å². The number of halogens is 4. The van der Waals surface area contributed by atoms with Crippen molar-refractivity contribution in [1.82, 2.24) is 20.1 Å². The van der Waals surface area contributed by atoms with Crippen LogP contribution >= 0.6 is 11.6 Å². The summed E-state index contributed by atoms with van der Waals surface area (Å²) in [6.45, 7) is 7.33. The van der Waals surface area contributed by atoms with Gasteiger partial charge in [0, 0.05) is 42.8 Å². The number of hydrogen-bond donors (Lipinski definition) is 4. The molecule has 2 heterocycles. The number of anilines is 2. The Morgan fingerprint density at radius 1 is 1.24 bits per heavy atom. The summed E-state index contributed by atoms with van der Waals surface area (Å²) in [6.07, 6.45) is -1.83. The molecule has 9 nitrogen and oxygen atoms in total. The average molecular weight is 551 g/mol. The van der Waals surface area contributed by atoms with Gasteiger partial charge in [-0.25, -0.2) is 5.84 Å². The monoisotopic (exact) mass is 550 g/mol. The van der Waals surface area contributed by atoms with Gasteiger partial charge in [0.05, 0.1) is 46.0 Å². The zero-order valence-corrected chi connectivity index (χ0v) is 22.4. The van der Waals surface area contributed by atoms with Crippen molar-refractivity contribution < 1.29 is 18.0 Å². The highest BCUT2D eigenvalue weighted by atomic mass is 35.5. The molecule has 0 saturated heterocycles. The minimum atomic E-state index is -4.71. The maximum Gasteiger partial charge on any atom is 0.417 e. The number of nitrogens with zero attached hydrogens (tertiary/aromatic N) is 4. The molecular formula is C25H30ClF3N8O. The van der Waals surface area contributed by atoms with Crippen molar-refractivity contribution in [3.63, 3.8) is 0 Å².